The average Bonchev–Trinajstić information content (AvgIpc) is 2.60. The molecule has 3 rings (SSSR count). The van der Waals surface area contributed by atoms with Gasteiger partial charge in [0.2, 0.25) is 0 Å². The molecular formula is C17H15N3O4. The first kappa shape index (κ1) is 15.5. The van der Waals surface area contributed by atoms with Gasteiger partial charge < -0.3 is 15.7 Å². The molecule has 0 fully saturated rings. The Labute approximate surface area is 136 Å². The van der Waals surface area contributed by atoms with Gasteiger partial charge in [-0.2, -0.15) is 0 Å². The minimum atomic E-state index is -0.960. The van der Waals surface area contributed by atoms with Gasteiger partial charge in [0.15, 0.2) is 11.2 Å². The normalized spacial score (nSPS) is 10.7. The second-order valence-corrected chi connectivity index (χ2v) is 5.09. The molecule has 0 radical (unpaired) electrons. The van der Waals surface area contributed by atoms with Gasteiger partial charge in [0.1, 0.15) is 0 Å². The molecule has 0 spiro atoms. The summed E-state index contributed by atoms with van der Waals surface area (Å²) in [7, 11) is 0. The van der Waals surface area contributed by atoms with Gasteiger partial charge in [-0.3, -0.25) is 4.79 Å². The highest BCUT2D eigenvalue weighted by atomic mass is 16.5. The molecule has 7 heteroatoms. The van der Waals surface area contributed by atoms with Crippen molar-refractivity contribution in [1.29, 1.82) is 0 Å². The van der Waals surface area contributed by atoms with Crippen LogP contribution in [-0.4, -0.2) is 27.5 Å². The highest BCUT2D eigenvalue weighted by Gasteiger charge is 2.22. The number of nitrogens with two attached hydrogens (primary N) is 1. The molecule has 24 heavy (non-hydrogen) atoms. The molecule has 3 N–H and O–H groups in total. The third kappa shape index (κ3) is 2.45. The second-order valence-electron chi connectivity index (χ2n) is 5.09. The zero-order chi connectivity index (χ0) is 17.3. The molecule has 0 amide bonds. The van der Waals surface area contributed by atoms with Gasteiger partial charge in [-0.15, -0.1) is 4.73 Å². The number of anilines is 1. The summed E-state index contributed by atoms with van der Waals surface area (Å²) in [4.78, 5) is 28.3. The van der Waals surface area contributed by atoms with Crippen LogP contribution in [0.1, 0.15) is 17.3 Å². The van der Waals surface area contributed by atoms with Gasteiger partial charge in [0.05, 0.1) is 12.3 Å². The van der Waals surface area contributed by atoms with Gasteiger partial charge in [0.25, 0.3) is 0 Å². The second kappa shape index (κ2) is 6.04. The number of fused-ring (bicyclic) bond motifs is 1. The zero-order valence-corrected chi connectivity index (χ0v) is 12.9. The highest BCUT2D eigenvalue weighted by Crippen LogP contribution is 2.26. The number of rotatable bonds is 3. The first-order valence-electron chi connectivity index (χ1n) is 7.30. The number of aromatic nitrogens is 2. The smallest absolute Gasteiger partial charge is 0.346 e. The van der Waals surface area contributed by atoms with E-state index in [4.69, 9.17) is 10.5 Å². The number of esters is 1. The third-order valence-electron chi connectivity index (χ3n) is 3.62. The van der Waals surface area contributed by atoms with Crippen molar-refractivity contribution in [3.05, 3.63) is 58.5 Å². The van der Waals surface area contributed by atoms with Crippen molar-refractivity contribution in [3.8, 4) is 11.1 Å². The summed E-state index contributed by atoms with van der Waals surface area (Å²) < 4.78 is 5.16. The van der Waals surface area contributed by atoms with E-state index in [1.165, 1.54) is 6.20 Å². The highest BCUT2D eigenvalue weighted by molar-refractivity contribution is 6.04. The first-order chi connectivity index (χ1) is 11.5. The van der Waals surface area contributed by atoms with Crippen molar-refractivity contribution in [2.75, 3.05) is 12.3 Å². The predicted octanol–water partition coefficient (Wildman–Crippen LogP) is 2.06. The molecule has 0 aliphatic heterocycles. The lowest BCUT2D eigenvalue weighted by molar-refractivity contribution is 0.0520. The maximum absolute atomic E-state index is 12.2. The van der Waals surface area contributed by atoms with Crippen LogP contribution in [-0.2, 0) is 4.74 Å². The van der Waals surface area contributed by atoms with Crippen LogP contribution in [0.3, 0.4) is 0 Å². The Morgan fingerprint density at radius 1 is 1.29 bits per heavy atom. The van der Waals surface area contributed by atoms with Crippen LogP contribution in [0.5, 0.6) is 0 Å². The van der Waals surface area contributed by atoms with E-state index < -0.39 is 17.1 Å². The summed E-state index contributed by atoms with van der Waals surface area (Å²) >= 11 is 0. The van der Waals surface area contributed by atoms with Crippen LogP contribution in [0.2, 0.25) is 0 Å². The van der Waals surface area contributed by atoms with E-state index in [9.17, 15) is 14.8 Å². The molecule has 0 aliphatic rings. The molecule has 0 unspecified atom stereocenters. The van der Waals surface area contributed by atoms with E-state index in [0.29, 0.717) is 10.1 Å². The number of nitrogen functional groups attached to an aromatic ring is 1. The Balaban J connectivity index is 2.29. The maximum atomic E-state index is 12.2. The summed E-state index contributed by atoms with van der Waals surface area (Å²) in [5, 5.41) is 10.3. The van der Waals surface area contributed by atoms with Crippen LogP contribution >= 0.6 is 0 Å². The van der Waals surface area contributed by atoms with E-state index >= 15 is 0 Å². The number of carbonyl (C=O) groups excluding carboxylic acids is 1. The van der Waals surface area contributed by atoms with Crippen molar-refractivity contribution < 1.29 is 14.7 Å². The van der Waals surface area contributed by atoms with Crippen molar-refractivity contribution in [3.63, 3.8) is 0 Å². The largest absolute Gasteiger partial charge is 0.462 e. The summed E-state index contributed by atoms with van der Waals surface area (Å²) in [6.07, 6.45) is 1.52. The molecule has 2 heterocycles. The van der Waals surface area contributed by atoms with Crippen LogP contribution in [0.4, 0.5) is 5.69 Å². The summed E-state index contributed by atoms with van der Waals surface area (Å²) in [5.74, 6) is -0.880. The van der Waals surface area contributed by atoms with Gasteiger partial charge in [0, 0.05) is 17.1 Å². The van der Waals surface area contributed by atoms with Crippen molar-refractivity contribution in [2.45, 2.75) is 6.92 Å². The minimum Gasteiger partial charge on any atom is -0.462 e. The van der Waals surface area contributed by atoms with E-state index in [2.05, 4.69) is 4.98 Å². The fourth-order valence-corrected chi connectivity index (χ4v) is 2.47. The summed E-state index contributed by atoms with van der Waals surface area (Å²) in [6.45, 7) is 1.70. The van der Waals surface area contributed by atoms with E-state index in [0.717, 1.165) is 11.1 Å². The SMILES string of the molecule is CCOC(=O)c1c(N)c2cc(-c3ccccc3)cnc2n(O)c1=O. The standard InChI is InChI=1S/C17H15N3O4/c1-2-24-17(22)13-14(18)12-8-11(10-6-4-3-5-7-10)9-19-15(12)20(23)16(13)21/h3-9,23H,2,18H2,1H3. The molecule has 7 nitrogen and oxygen atoms in total. The molecule has 0 saturated carbocycles. The zero-order valence-electron chi connectivity index (χ0n) is 12.9. The molecule has 1 aromatic carbocycles. The quantitative estimate of drug-likeness (QED) is 0.564. The Morgan fingerprint density at radius 2 is 2.00 bits per heavy atom. The van der Waals surface area contributed by atoms with Gasteiger partial charge >= 0.3 is 11.5 Å². The Morgan fingerprint density at radius 3 is 2.67 bits per heavy atom. The van der Waals surface area contributed by atoms with Crippen LogP contribution in [0.15, 0.2) is 47.4 Å². The Bertz CT molecular complexity index is 981. The molecule has 0 atom stereocenters. The van der Waals surface area contributed by atoms with E-state index in [1.807, 2.05) is 30.3 Å². The monoisotopic (exact) mass is 325 g/mol. The van der Waals surface area contributed by atoms with Crippen molar-refractivity contribution >= 4 is 22.7 Å². The van der Waals surface area contributed by atoms with Gasteiger partial charge in [-0.05, 0) is 18.6 Å². The lowest BCUT2D eigenvalue weighted by atomic mass is 10.0. The number of hydrogen-bond acceptors (Lipinski definition) is 6. The molecule has 0 saturated heterocycles. The maximum Gasteiger partial charge on any atom is 0.346 e. The number of pyridine rings is 2. The Hall–Kier alpha value is -3.35. The minimum absolute atomic E-state index is 0.0229. The van der Waals surface area contributed by atoms with Crippen molar-refractivity contribution in [1.82, 2.24) is 9.71 Å². The lowest BCUT2D eigenvalue weighted by Gasteiger charge is -2.11. The molecular weight excluding hydrogens is 310 g/mol. The first-order valence-corrected chi connectivity index (χ1v) is 7.30. The van der Waals surface area contributed by atoms with E-state index in [-0.39, 0.29) is 17.9 Å². The lowest BCUT2D eigenvalue weighted by Crippen LogP contribution is -2.28. The topological polar surface area (TPSA) is 107 Å². The fourth-order valence-electron chi connectivity index (χ4n) is 2.47. The number of carbonyl (C=O) groups is 1. The number of ether oxygens (including phenoxy) is 1. The number of benzene rings is 1. The van der Waals surface area contributed by atoms with E-state index in [1.54, 1.807) is 13.0 Å². The number of hydrogen-bond donors (Lipinski definition) is 2. The summed E-state index contributed by atoms with van der Waals surface area (Å²) in [5.41, 5.74) is 6.18. The molecule has 0 aliphatic carbocycles. The third-order valence-corrected chi connectivity index (χ3v) is 3.62. The van der Waals surface area contributed by atoms with Crippen LogP contribution in [0, 0.1) is 0 Å². The van der Waals surface area contributed by atoms with Crippen molar-refractivity contribution in [2.24, 2.45) is 0 Å². The Kier molecular flexibility index (Phi) is 3.91. The summed E-state index contributed by atoms with van der Waals surface area (Å²) in [6, 6.07) is 11.1. The van der Waals surface area contributed by atoms with Crippen LogP contribution in [0.25, 0.3) is 22.2 Å². The molecule has 122 valence electrons. The molecule has 0 bridgehead atoms. The number of nitrogens with zero attached hydrogens (tertiary/aromatic N) is 2. The fraction of sp³-hybridized carbons (Fsp3) is 0.118. The van der Waals surface area contributed by atoms with Gasteiger partial charge in [-0.25, -0.2) is 9.78 Å². The molecule has 2 aromatic heterocycles. The van der Waals surface area contributed by atoms with Crippen LogP contribution < -0.4 is 11.3 Å². The molecule has 3 aromatic rings. The predicted molar refractivity (Wildman–Crippen MR) is 89.0 cm³/mol. The average molecular weight is 325 g/mol. The van der Waals surface area contributed by atoms with Gasteiger partial charge in [-0.1, -0.05) is 30.3 Å².